The van der Waals surface area contributed by atoms with Gasteiger partial charge in [0.2, 0.25) is 12.7 Å². The van der Waals surface area contributed by atoms with E-state index in [0.29, 0.717) is 17.4 Å². The molecule has 5 rings (SSSR count). The minimum absolute atomic E-state index is 0.0300. The second-order valence-corrected chi connectivity index (χ2v) is 6.93. The fraction of sp³-hybridized carbons (Fsp3) is 0.182. The molecule has 0 fully saturated rings. The third kappa shape index (κ3) is 3.93. The van der Waals surface area contributed by atoms with Crippen LogP contribution in [0, 0.1) is 0 Å². The molecule has 0 spiro atoms. The molecule has 2 aromatic carbocycles. The maximum Gasteiger partial charge on any atom is 0.243 e. The number of nitrogens with zero attached hydrogens (tertiary/aromatic N) is 5. The van der Waals surface area contributed by atoms with Crippen LogP contribution in [0.3, 0.4) is 0 Å². The highest BCUT2D eigenvalue weighted by atomic mass is 16.7. The number of anilines is 1. The lowest BCUT2D eigenvalue weighted by Crippen LogP contribution is -2.16. The number of imidazole rings is 1. The summed E-state index contributed by atoms with van der Waals surface area (Å²) in [6.07, 6.45) is 8.05. The Labute approximate surface area is 173 Å². The molecule has 8 heteroatoms. The van der Waals surface area contributed by atoms with Gasteiger partial charge in [0.1, 0.15) is 0 Å². The largest absolute Gasteiger partial charge is 0.454 e. The van der Waals surface area contributed by atoms with Gasteiger partial charge >= 0.3 is 0 Å². The van der Waals surface area contributed by atoms with Gasteiger partial charge in [-0.15, -0.1) is 5.10 Å². The predicted molar refractivity (Wildman–Crippen MR) is 111 cm³/mol. The third-order valence-electron chi connectivity index (χ3n) is 4.97. The van der Waals surface area contributed by atoms with Crippen molar-refractivity contribution in [1.82, 2.24) is 24.7 Å². The Kier molecular flexibility index (Phi) is 4.95. The smallest absolute Gasteiger partial charge is 0.243 e. The van der Waals surface area contributed by atoms with Crippen LogP contribution in [0.15, 0.2) is 73.4 Å². The van der Waals surface area contributed by atoms with E-state index < -0.39 is 0 Å². The van der Waals surface area contributed by atoms with E-state index in [9.17, 15) is 0 Å². The summed E-state index contributed by atoms with van der Waals surface area (Å²) < 4.78 is 12.9. The molecule has 1 aliphatic rings. The number of nitrogens with one attached hydrogen (secondary N) is 1. The van der Waals surface area contributed by atoms with Crippen LogP contribution in [0.2, 0.25) is 0 Å². The van der Waals surface area contributed by atoms with Gasteiger partial charge in [0, 0.05) is 24.5 Å². The van der Waals surface area contributed by atoms with Gasteiger partial charge in [0.05, 0.1) is 24.3 Å². The van der Waals surface area contributed by atoms with Crippen molar-refractivity contribution in [3.05, 3.63) is 79.0 Å². The maximum atomic E-state index is 5.47. The number of rotatable bonds is 7. The molecule has 0 bridgehead atoms. The third-order valence-corrected chi connectivity index (χ3v) is 4.97. The Morgan fingerprint density at radius 3 is 2.83 bits per heavy atom. The summed E-state index contributed by atoms with van der Waals surface area (Å²) in [7, 11) is 0. The van der Waals surface area contributed by atoms with E-state index in [4.69, 9.17) is 9.47 Å². The predicted octanol–water partition coefficient (Wildman–Crippen LogP) is 3.71. The summed E-state index contributed by atoms with van der Waals surface area (Å²) in [6, 6.07) is 16.0. The van der Waals surface area contributed by atoms with Gasteiger partial charge < -0.3 is 19.4 Å². The highest BCUT2D eigenvalue weighted by Gasteiger charge is 2.16. The molecular formula is C22H20N6O2. The second-order valence-electron chi connectivity index (χ2n) is 6.93. The van der Waals surface area contributed by atoms with Gasteiger partial charge in [-0.2, -0.15) is 5.10 Å². The summed E-state index contributed by atoms with van der Waals surface area (Å²) in [4.78, 5) is 8.79. The summed E-state index contributed by atoms with van der Waals surface area (Å²) >= 11 is 0. The normalized spacial score (nSPS) is 13.2. The molecule has 4 aromatic rings. The monoisotopic (exact) mass is 400 g/mol. The lowest BCUT2D eigenvalue weighted by Gasteiger charge is -2.19. The Hall–Kier alpha value is -3.94. The summed E-state index contributed by atoms with van der Waals surface area (Å²) in [5.74, 6) is 1.93. The summed E-state index contributed by atoms with van der Waals surface area (Å²) in [5.41, 5.74) is 2.77. The Balaban J connectivity index is 1.38. The van der Waals surface area contributed by atoms with Crippen LogP contribution in [-0.2, 0) is 6.54 Å². The molecule has 8 nitrogen and oxygen atoms in total. The molecule has 0 radical (unpaired) electrons. The van der Waals surface area contributed by atoms with Crippen LogP contribution in [0.4, 0.5) is 5.95 Å². The van der Waals surface area contributed by atoms with Crippen molar-refractivity contribution in [3.63, 3.8) is 0 Å². The lowest BCUT2D eigenvalue weighted by atomic mass is 10.0. The topological polar surface area (TPSA) is 87.0 Å². The first-order chi connectivity index (χ1) is 14.8. The Morgan fingerprint density at radius 2 is 1.97 bits per heavy atom. The van der Waals surface area contributed by atoms with Gasteiger partial charge in [-0.1, -0.05) is 30.3 Å². The van der Waals surface area contributed by atoms with E-state index in [-0.39, 0.29) is 12.8 Å². The van der Waals surface area contributed by atoms with E-state index >= 15 is 0 Å². The molecule has 1 unspecified atom stereocenters. The highest BCUT2D eigenvalue weighted by molar-refractivity contribution is 5.64. The van der Waals surface area contributed by atoms with Crippen LogP contribution >= 0.6 is 0 Å². The van der Waals surface area contributed by atoms with Crippen LogP contribution in [0.1, 0.15) is 18.0 Å². The molecule has 30 heavy (non-hydrogen) atoms. The molecule has 3 heterocycles. The van der Waals surface area contributed by atoms with Crippen molar-refractivity contribution in [2.24, 2.45) is 0 Å². The quantitative estimate of drug-likeness (QED) is 0.506. The Morgan fingerprint density at radius 1 is 1.07 bits per heavy atom. The number of aromatic nitrogens is 5. The van der Waals surface area contributed by atoms with Crippen LogP contribution in [-0.4, -0.2) is 31.5 Å². The molecule has 1 aliphatic heterocycles. The minimum atomic E-state index is 0.0300. The zero-order valence-electron chi connectivity index (χ0n) is 16.2. The zero-order valence-corrected chi connectivity index (χ0v) is 16.2. The van der Waals surface area contributed by atoms with Crippen molar-refractivity contribution in [1.29, 1.82) is 0 Å². The average molecular weight is 400 g/mol. The van der Waals surface area contributed by atoms with Crippen LogP contribution < -0.4 is 14.8 Å². The van der Waals surface area contributed by atoms with Crippen LogP contribution in [0.5, 0.6) is 11.5 Å². The molecular weight excluding hydrogens is 380 g/mol. The summed E-state index contributed by atoms with van der Waals surface area (Å²) in [5, 5.41) is 11.8. The van der Waals surface area contributed by atoms with E-state index in [1.54, 1.807) is 12.4 Å². The first-order valence-corrected chi connectivity index (χ1v) is 9.72. The van der Waals surface area contributed by atoms with E-state index in [2.05, 4.69) is 42.2 Å². The maximum absolute atomic E-state index is 5.47. The van der Waals surface area contributed by atoms with Gasteiger partial charge in [-0.05, 0) is 30.2 Å². The van der Waals surface area contributed by atoms with Crippen molar-refractivity contribution < 1.29 is 9.47 Å². The second kappa shape index (κ2) is 8.20. The number of hydrogen-bond acceptors (Lipinski definition) is 7. The van der Waals surface area contributed by atoms with Gasteiger partial charge in [-0.25, -0.2) is 9.97 Å². The number of ether oxygens (including phenoxy) is 2. The van der Waals surface area contributed by atoms with Crippen molar-refractivity contribution in [3.8, 4) is 22.8 Å². The standard InChI is InChI=1S/C22H20N6O2/c1-2-4-16(5-3-1)18(8-10-28-11-9-23-14-28)25-22-26-19(13-24-27-22)17-6-7-20-21(12-17)30-15-29-20/h1-7,9,11-14,18H,8,10,15H2,(H,25,26,27). The molecule has 150 valence electrons. The number of hydrogen-bond donors (Lipinski definition) is 1. The number of aryl methyl sites for hydroxylation is 1. The first-order valence-electron chi connectivity index (χ1n) is 9.72. The molecule has 2 aromatic heterocycles. The van der Waals surface area contributed by atoms with Crippen molar-refractivity contribution in [2.75, 3.05) is 12.1 Å². The average Bonchev–Trinajstić information content (AvgIpc) is 3.49. The minimum Gasteiger partial charge on any atom is -0.454 e. The SMILES string of the molecule is c1ccc(C(CCn2ccnc2)Nc2nncc(-c3ccc4c(c3)OCO4)n2)cc1. The summed E-state index contributed by atoms with van der Waals surface area (Å²) in [6.45, 7) is 1.06. The van der Waals surface area contributed by atoms with Gasteiger partial charge in [0.15, 0.2) is 11.5 Å². The lowest BCUT2D eigenvalue weighted by molar-refractivity contribution is 0.174. The van der Waals surface area contributed by atoms with Crippen molar-refractivity contribution >= 4 is 5.95 Å². The molecule has 0 saturated heterocycles. The highest BCUT2D eigenvalue weighted by Crippen LogP contribution is 2.35. The number of fused-ring (bicyclic) bond motifs is 1. The first kappa shape index (κ1) is 18.1. The molecule has 0 saturated carbocycles. The van der Waals surface area contributed by atoms with Crippen LogP contribution in [0.25, 0.3) is 11.3 Å². The van der Waals surface area contributed by atoms with Crippen molar-refractivity contribution in [2.45, 2.75) is 19.0 Å². The van der Waals surface area contributed by atoms with E-state index in [1.165, 1.54) is 0 Å². The fourth-order valence-corrected chi connectivity index (χ4v) is 3.42. The molecule has 0 amide bonds. The molecule has 1 N–H and O–H groups in total. The van der Waals surface area contributed by atoms with E-state index in [1.807, 2.05) is 48.9 Å². The Bertz CT molecular complexity index is 1120. The zero-order chi connectivity index (χ0) is 20.2. The van der Waals surface area contributed by atoms with E-state index in [0.717, 1.165) is 29.8 Å². The molecule has 1 atom stereocenters. The molecule has 0 aliphatic carbocycles. The van der Waals surface area contributed by atoms with Gasteiger partial charge in [0.25, 0.3) is 0 Å². The number of benzene rings is 2. The fourth-order valence-electron chi connectivity index (χ4n) is 3.42. The van der Waals surface area contributed by atoms with Gasteiger partial charge in [-0.3, -0.25) is 0 Å².